The third-order valence-electron chi connectivity index (χ3n) is 5.21. The first-order chi connectivity index (χ1) is 15.1. The molecule has 0 bridgehead atoms. The van der Waals surface area contributed by atoms with Crippen molar-refractivity contribution in [2.24, 2.45) is 5.92 Å². The van der Waals surface area contributed by atoms with Crippen molar-refractivity contribution in [1.29, 1.82) is 0 Å². The van der Waals surface area contributed by atoms with Crippen molar-refractivity contribution in [1.82, 2.24) is 19.5 Å². The average molecular weight is 498 g/mol. The standard InChI is InChI=1S/C16H21FN4O4S.C2HF3O2/c1-18-16(23)13-5-10-8-20(9-14(10)21(13)26(2,24)25)15(22)6-12-4-3-11(17)7-19-12;3-2(4,5)1(6)7/h3-4,7,10,13-14H,5-6,8-9H2,1-2H3,(H,18,23);(H,6,7)/t10-,13-,14+;/m0./s1. The lowest BCUT2D eigenvalue weighted by Crippen LogP contribution is -2.49. The van der Waals surface area contributed by atoms with Gasteiger partial charge in [-0.25, -0.2) is 17.6 Å². The first-order valence-corrected chi connectivity index (χ1v) is 11.4. The first kappa shape index (κ1) is 26.4. The van der Waals surface area contributed by atoms with E-state index in [1.165, 1.54) is 23.5 Å². The molecule has 0 radical (unpaired) electrons. The number of nitrogens with zero attached hydrogens (tertiary/aromatic N) is 3. The van der Waals surface area contributed by atoms with E-state index in [0.29, 0.717) is 18.7 Å². The molecule has 10 nitrogen and oxygen atoms in total. The Morgan fingerprint density at radius 3 is 2.30 bits per heavy atom. The zero-order valence-corrected chi connectivity index (χ0v) is 18.4. The summed E-state index contributed by atoms with van der Waals surface area (Å²) in [6.45, 7) is 0.634. The van der Waals surface area contributed by atoms with Crippen LogP contribution < -0.4 is 5.32 Å². The fraction of sp³-hybridized carbons (Fsp3) is 0.556. The number of carboxylic acid groups (broad SMARTS) is 1. The second-order valence-electron chi connectivity index (χ2n) is 7.53. The molecule has 1 aromatic heterocycles. The minimum atomic E-state index is -5.08. The molecule has 1 aromatic rings. The van der Waals surface area contributed by atoms with Gasteiger partial charge in [0.2, 0.25) is 21.8 Å². The number of carbonyl (C=O) groups is 3. The van der Waals surface area contributed by atoms with E-state index in [-0.39, 0.29) is 30.7 Å². The molecule has 3 rings (SSSR count). The van der Waals surface area contributed by atoms with Crippen molar-refractivity contribution in [3.05, 3.63) is 29.8 Å². The molecule has 184 valence electrons. The smallest absolute Gasteiger partial charge is 0.475 e. The van der Waals surface area contributed by atoms with Gasteiger partial charge in [0.25, 0.3) is 0 Å². The highest BCUT2D eigenvalue weighted by Crippen LogP contribution is 2.37. The maximum Gasteiger partial charge on any atom is 0.490 e. The molecule has 0 aromatic carbocycles. The number of fused-ring (bicyclic) bond motifs is 1. The van der Waals surface area contributed by atoms with Gasteiger partial charge in [0.15, 0.2) is 0 Å². The number of hydrogen-bond acceptors (Lipinski definition) is 6. The SMILES string of the molecule is CNC(=O)[C@@H]1C[C@H]2CN(C(=O)Cc3ccc(F)cn3)C[C@H]2N1S(C)(=O)=O.O=C(O)C(F)(F)F. The minimum Gasteiger partial charge on any atom is -0.475 e. The summed E-state index contributed by atoms with van der Waals surface area (Å²) in [6, 6.07) is 1.56. The van der Waals surface area contributed by atoms with E-state index in [9.17, 15) is 35.6 Å². The van der Waals surface area contributed by atoms with Crippen LogP contribution in [0.25, 0.3) is 0 Å². The fourth-order valence-corrected chi connectivity index (χ4v) is 5.22. The summed E-state index contributed by atoms with van der Waals surface area (Å²) < 4.78 is 70.3. The lowest BCUT2D eigenvalue weighted by molar-refractivity contribution is -0.192. The van der Waals surface area contributed by atoms with E-state index < -0.39 is 40.1 Å². The second-order valence-corrected chi connectivity index (χ2v) is 9.42. The zero-order chi connectivity index (χ0) is 25.1. The first-order valence-electron chi connectivity index (χ1n) is 9.53. The maximum absolute atomic E-state index is 12.9. The highest BCUT2D eigenvalue weighted by molar-refractivity contribution is 7.88. The van der Waals surface area contributed by atoms with E-state index in [1.54, 1.807) is 4.90 Å². The van der Waals surface area contributed by atoms with Gasteiger partial charge in [-0.2, -0.15) is 17.5 Å². The van der Waals surface area contributed by atoms with Gasteiger partial charge in [0, 0.05) is 31.9 Å². The van der Waals surface area contributed by atoms with E-state index >= 15 is 0 Å². The Hall–Kier alpha value is -2.81. The quantitative estimate of drug-likeness (QED) is 0.558. The summed E-state index contributed by atoms with van der Waals surface area (Å²) in [5, 5.41) is 9.63. The highest BCUT2D eigenvalue weighted by atomic mass is 32.2. The van der Waals surface area contributed by atoms with Crippen molar-refractivity contribution < 1.29 is 45.5 Å². The lowest BCUT2D eigenvalue weighted by Gasteiger charge is -2.27. The number of sulfonamides is 1. The molecule has 0 unspecified atom stereocenters. The molecule has 33 heavy (non-hydrogen) atoms. The molecule has 2 aliphatic rings. The van der Waals surface area contributed by atoms with Crippen LogP contribution in [0.1, 0.15) is 12.1 Å². The molecule has 3 atom stereocenters. The average Bonchev–Trinajstić information content (AvgIpc) is 3.26. The van der Waals surface area contributed by atoms with Gasteiger partial charge in [-0.3, -0.25) is 14.6 Å². The van der Waals surface area contributed by atoms with E-state index in [0.717, 1.165) is 12.5 Å². The van der Waals surface area contributed by atoms with Crippen molar-refractivity contribution in [2.75, 3.05) is 26.4 Å². The Balaban J connectivity index is 0.000000479. The molecule has 0 spiro atoms. The van der Waals surface area contributed by atoms with Crippen LogP contribution in [0.3, 0.4) is 0 Å². The summed E-state index contributed by atoms with van der Waals surface area (Å²) in [4.78, 5) is 38.9. The molecular weight excluding hydrogens is 476 g/mol. The Bertz CT molecular complexity index is 1000. The van der Waals surface area contributed by atoms with Crippen molar-refractivity contribution in [2.45, 2.75) is 31.1 Å². The summed E-state index contributed by atoms with van der Waals surface area (Å²) in [5.41, 5.74) is 0.455. The topological polar surface area (TPSA) is 137 Å². The Kier molecular flexibility index (Phi) is 8.00. The van der Waals surface area contributed by atoms with E-state index in [4.69, 9.17) is 9.90 Å². The number of nitrogens with one attached hydrogen (secondary N) is 1. The van der Waals surface area contributed by atoms with Crippen LogP contribution in [0.5, 0.6) is 0 Å². The number of amides is 2. The molecule has 3 heterocycles. The number of likely N-dealkylation sites (tertiary alicyclic amines) is 1. The molecule has 2 amide bonds. The van der Waals surface area contributed by atoms with E-state index in [1.807, 2.05) is 0 Å². The molecule has 2 aliphatic heterocycles. The van der Waals surface area contributed by atoms with Crippen molar-refractivity contribution in [3.63, 3.8) is 0 Å². The Morgan fingerprint density at radius 2 is 1.85 bits per heavy atom. The van der Waals surface area contributed by atoms with Crippen LogP contribution in [0.15, 0.2) is 18.3 Å². The summed E-state index contributed by atoms with van der Waals surface area (Å²) >= 11 is 0. The third-order valence-corrected chi connectivity index (χ3v) is 6.51. The number of aromatic nitrogens is 1. The molecule has 2 saturated heterocycles. The molecule has 2 fully saturated rings. The molecule has 15 heteroatoms. The van der Waals surface area contributed by atoms with Crippen LogP contribution in [-0.2, 0) is 30.8 Å². The lowest BCUT2D eigenvalue weighted by atomic mass is 10.0. The Morgan fingerprint density at radius 1 is 1.24 bits per heavy atom. The number of carboxylic acids is 1. The van der Waals surface area contributed by atoms with Crippen molar-refractivity contribution in [3.8, 4) is 0 Å². The van der Waals surface area contributed by atoms with E-state index in [2.05, 4.69) is 10.3 Å². The van der Waals surface area contributed by atoms with Crippen LogP contribution in [-0.4, -0.2) is 90.2 Å². The largest absolute Gasteiger partial charge is 0.490 e. The molecule has 0 aliphatic carbocycles. The number of hydrogen-bond donors (Lipinski definition) is 2. The molecule has 0 saturated carbocycles. The van der Waals surface area contributed by atoms with Gasteiger partial charge in [-0.15, -0.1) is 0 Å². The zero-order valence-electron chi connectivity index (χ0n) is 17.5. The van der Waals surface area contributed by atoms with Gasteiger partial charge < -0.3 is 15.3 Å². The van der Waals surface area contributed by atoms with Crippen LogP contribution >= 0.6 is 0 Å². The van der Waals surface area contributed by atoms with Crippen LogP contribution in [0, 0.1) is 11.7 Å². The molecular formula is C18H22F4N4O6S. The number of carbonyl (C=O) groups excluding carboxylic acids is 2. The predicted octanol–water partition coefficient (Wildman–Crippen LogP) is 0.00340. The van der Waals surface area contributed by atoms with Crippen LogP contribution in [0.4, 0.5) is 17.6 Å². The summed E-state index contributed by atoms with van der Waals surface area (Å²) in [6.07, 6.45) is -2.54. The number of rotatable bonds is 4. The minimum absolute atomic E-state index is 0.0253. The third kappa shape index (κ3) is 6.60. The van der Waals surface area contributed by atoms with Gasteiger partial charge in [0.1, 0.15) is 11.9 Å². The van der Waals surface area contributed by atoms with Crippen LogP contribution in [0.2, 0.25) is 0 Å². The predicted molar refractivity (Wildman–Crippen MR) is 105 cm³/mol. The van der Waals surface area contributed by atoms with Gasteiger partial charge in [-0.05, 0) is 24.5 Å². The maximum atomic E-state index is 12.9. The summed E-state index contributed by atoms with van der Waals surface area (Å²) in [5.74, 6) is -3.84. The number of alkyl halides is 3. The monoisotopic (exact) mass is 498 g/mol. The molecule has 2 N–H and O–H groups in total. The van der Waals surface area contributed by atoms with Gasteiger partial charge >= 0.3 is 12.1 Å². The fourth-order valence-electron chi connectivity index (χ4n) is 3.84. The normalized spacial score (nSPS) is 22.8. The number of aliphatic carboxylic acids is 1. The number of likely N-dealkylation sites (N-methyl/N-ethyl adjacent to an activating group) is 1. The van der Waals surface area contributed by atoms with Gasteiger partial charge in [-0.1, -0.05) is 0 Å². The highest BCUT2D eigenvalue weighted by Gasteiger charge is 2.53. The Labute approximate surface area is 186 Å². The second kappa shape index (κ2) is 9.99. The number of halogens is 4. The number of pyridine rings is 1. The van der Waals surface area contributed by atoms with Gasteiger partial charge in [0.05, 0.1) is 18.9 Å². The van der Waals surface area contributed by atoms with Crippen molar-refractivity contribution >= 4 is 27.8 Å². The summed E-state index contributed by atoms with van der Waals surface area (Å²) in [7, 11) is -2.12.